The van der Waals surface area contributed by atoms with Gasteiger partial charge in [-0.15, -0.1) is 0 Å². The third-order valence-corrected chi connectivity index (χ3v) is 2.58. The normalized spacial score (nSPS) is 11.0. The second-order valence-electron chi connectivity index (χ2n) is 3.30. The molecule has 0 aromatic carbocycles. The summed E-state index contributed by atoms with van der Waals surface area (Å²) in [5, 5.41) is 0. The van der Waals surface area contributed by atoms with Crippen molar-refractivity contribution in [3.05, 3.63) is 23.1 Å². The number of aromatic nitrogens is 3. The predicted molar refractivity (Wildman–Crippen MR) is 61.4 cm³/mol. The summed E-state index contributed by atoms with van der Waals surface area (Å²) in [6.07, 6.45) is 2.71. The van der Waals surface area contributed by atoms with Gasteiger partial charge in [-0.3, -0.25) is 0 Å². The molecule has 1 N–H and O–H groups in total. The molecule has 2 aromatic rings. The number of nitrogens with one attached hydrogen (secondary N) is 1. The van der Waals surface area contributed by atoms with Gasteiger partial charge in [0, 0.05) is 26.5 Å². The van der Waals surface area contributed by atoms with Crippen molar-refractivity contribution < 1.29 is 4.74 Å². The first-order valence-electron chi connectivity index (χ1n) is 4.85. The molecule has 0 aliphatic carbocycles. The number of ether oxygens (including phenoxy) is 1. The van der Waals surface area contributed by atoms with E-state index in [2.05, 4.69) is 9.97 Å². The van der Waals surface area contributed by atoms with Gasteiger partial charge in [0.2, 0.25) is 0 Å². The molecule has 0 spiro atoms. The maximum absolute atomic E-state index is 5.23. The molecule has 0 amide bonds. The molecule has 0 saturated heterocycles. The maximum Gasteiger partial charge on any atom is 0.179 e. The summed E-state index contributed by atoms with van der Waals surface area (Å²) in [5.74, 6) is 0. The number of nitrogens with zero attached hydrogens (tertiary/aromatic N) is 2. The lowest BCUT2D eigenvalue weighted by Crippen LogP contribution is -2.02. The number of aromatic amines is 1. The standard InChI is InChI=1S/C10H13N3OS/c1-14-7-3-6-13-9-8(12-10(13)15)4-2-5-11-9/h2,4-5H,3,6-7H2,1H3,(H,12,15). The summed E-state index contributed by atoms with van der Waals surface area (Å²) in [5.41, 5.74) is 1.90. The minimum atomic E-state index is 0.722. The number of fused-ring (bicyclic) bond motifs is 1. The van der Waals surface area contributed by atoms with Crippen molar-refractivity contribution in [3.8, 4) is 0 Å². The van der Waals surface area contributed by atoms with E-state index >= 15 is 0 Å². The summed E-state index contributed by atoms with van der Waals surface area (Å²) in [4.78, 5) is 7.43. The van der Waals surface area contributed by atoms with Crippen LogP contribution in [0.4, 0.5) is 0 Å². The third kappa shape index (κ3) is 2.08. The fraction of sp³-hybridized carbons (Fsp3) is 0.400. The molecule has 0 aliphatic rings. The number of methoxy groups -OCH3 is 1. The van der Waals surface area contributed by atoms with Crippen LogP contribution in [0.5, 0.6) is 0 Å². The molecule has 15 heavy (non-hydrogen) atoms. The van der Waals surface area contributed by atoms with E-state index in [0.29, 0.717) is 0 Å². The van der Waals surface area contributed by atoms with Gasteiger partial charge in [-0.05, 0) is 30.8 Å². The van der Waals surface area contributed by atoms with Crippen molar-refractivity contribution in [2.75, 3.05) is 13.7 Å². The van der Waals surface area contributed by atoms with E-state index in [1.807, 2.05) is 16.7 Å². The second kappa shape index (κ2) is 4.55. The van der Waals surface area contributed by atoms with Gasteiger partial charge in [-0.25, -0.2) is 4.98 Å². The van der Waals surface area contributed by atoms with Crippen molar-refractivity contribution in [2.45, 2.75) is 13.0 Å². The zero-order valence-electron chi connectivity index (χ0n) is 8.56. The first-order valence-corrected chi connectivity index (χ1v) is 5.26. The van der Waals surface area contributed by atoms with Crippen LogP contribution >= 0.6 is 12.2 Å². The summed E-state index contributed by atoms with van der Waals surface area (Å²) in [6, 6.07) is 3.87. The summed E-state index contributed by atoms with van der Waals surface area (Å²) >= 11 is 5.23. The van der Waals surface area contributed by atoms with Crippen molar-refractivity contribution >= 4 is 23.4 Å². The molecule has 4 nitrogen and oxygen atoms in total. The zero-order chi connectivity index (χ0) is 10.7. The largest absolute Gasteiger partial charge is 0.385 e. The van der Waals surface area contributed by atoms with Gasteiger partial charge < -0.3 is 14.3 Å². The topological polar surface area (TPSA) is 42.8 Å². The van der Waals surface area contributed by atoms with E-state index in [1.54, 1.807) is 13.3 Å². The second-order valence-corrected chi connectivity index (χ2v) is 3.69. The molecule has 80 valence electrons. The molecule has 0 fully saturated rings. The molecule has 0 saturated carbocycles. The summed E-state index contributed by atoms with van der Waals surface area (Å²) in [7, 11) is 1.70. The smallest absolute Gasteiger partial charge is 0.179 e. The number of H-pyrrole nitrogens is 1. The fourth-order valence-electron chi connectivity index (χ4n) is 1.56. The van der Waals surface area contributed by atoms with Crippen LogP contribution in [0, 0.1) is 4.77 Å². The quantitative estimate of drug-likeness (QED) is 0.638. The van der Waals surface area contributed by atoms with E-state index in [-0.39, 0.29) is 0 Å². The first-order chi connectivity index (χ1) is 7.33. The first kappa shape index (κ1) is 10.3. The predicted octanol–water partition coefficient (Wildman–Crippen LogP) is 2.13. The number of hydrogen-bond acceptors (Lipinski definition) is 3. The van der Waals surface area contributed by atoms with E-state index in [1.165, 1.54) is 0 Å². The van der Waals surface area contributed by atoms with Crippen LogP contribution in [-0.4, -0.2) is 28.3 Å². The van der Waals surface area contributed by atoms with Gasteiger partial charge in [0.1, 0.15) is 0 Å². The lowest BCUT2D eigenvalue weighted by atomic mass is 10.4. The molecule has 0 bridgehead atoms. The SMILES string of the molecule is COCCCn1c(=S)[nH]c2cccnc21. The third-order valence-electron chi connectivity index (χ3n) is 2.26. The Kier molecular flexibility index (Phi) is 3.13. The molecule has 0 unspecified atom stereocenters. The number of imidazole rings is 1. The van der Waals surface area contributed by atoms with Crippen LogP contribution in [0.25, 0.3) is 11.2 Å². The van der Waals surface area contributed by atoms with Gasteiger partial charge in [-0.1, -0.05) is 0 Å². The minimum Gasteiger partial charge on any atom is -0.385 e. The zero-order valence-corrected chi connectivity index (χ0v) is 9.38. The van der Waals surface area contributed by atoms with Crippen molar-refractivity contribution in [3.63, 3.8) is 0 Å². The Bertz CT molecular complexity index is 503. The number of rotatable bonds is 4. The van der Waals surface area contributed by atoms with Gasteiger partial charge in [0.25, 0.3) is 0 Å². The van der Waals surface area contributed by atoms with E-state index in [0.717, 1.165) is 35.5 Å². The Hall–Kier alpha value is -1.20. The van der Waals surface area contributed by atoms with E-state index in [9.17, 15) is 0 Å². The van der Waals surface area contributed by atoms with Gasteiger partial charge >= 0.3 is 0 Å². The highest BCUT2D eigenvalue weighted by Crippen LogP contribution is 2.10. The monoisotopic (exact) mass is 223 g/mol. The Morgan fingerprint density at radius 1 is 1.60 bits per heavy atom. The van der Waals surface area contributed by atoms with E-state index in [4.69, 9.17) is 17.0 Å². The van der Waals surface area contributed by atoms with Gasteiger partial charge in [0.15, 0.2) is 10.4 Å². The highest BCUT2D eigenvalue weighted by atomic mass is 32.1. The highest BCUT2D eigenvalue weighted by Gasteiger charge is 2.03. The fourth-order valence-corrected chi connectivity index (χ4v) is 1.85. The number of aryl methyl sites for hydroxylation is 1. The molecule has 2 rings (SSSR count). The van der Waals surface area contributed by atoms with Crippen LogP contribution in [0.2, 0.25) is 0 Å². The summed E-state index contributed by atoms with van der Waals surface area (Å²) < 4.78 is 7.74. The minimum absolute atomic E-state index is 0.722. The summed E-state index contributed by atoms with van der Waals surface area (Å²) in [6.45, 7) is 1.57. The van der Waals surface area contributed by atoms with Crippen LogP contribution in [0.3, 0.4) is 0 Å². The molecule has 2 aromatic heterocycles. The van der Waals surface area contributed by atoms with Crippen molar-refractivity contribution in [1.29, 1.82) is 0 Å². The molecular formula is C10H13N3OS. The average molecular weight is 223 g/mol. The van der Waals surface area contributed by atoms with Gasteiger partial charge in [-0.2, -0.15) is 0 Å². The molecule has 0 aliphatic heterocycles. The van der Waals surface area contributed by atoms with Gasteiger partial charge in [0.05, 0.1) is 5.52 Å². The van der Waals surface area contributed by atoms with Crippen molar-refractivity contribution in [2.24, 2.45) is 0 Å². The van der Waals surface area contributed by atoms with Crippen LogP contribution in [0.1, 0.15) is 6.42 Å². The Labute approximate surface area is 92.9 Å². The van der Waals surface area contributed by atoms with Crippen LogP contribution in [0.15, 0.2) is 18.3 Å². The molecule has 0 atom stereocenters. The number of pyridine rings is 1. The number of hydrogen-bond donors (Lipinski definition) is 1. The van der Waals surface area contributed by atoms with Crippen molar-refractivity contribution in [1.82, 2.24) is 14.5 Å². The lowest BCUT2D eigenvalue weighted by molar-refractivity contribution is 0.190. The van der Waals surface area contributed by atoms with Crippen LogP contribution in [-0.2, 0) is 11.3 Å². The molecule has 5 heteroatoms. The average Bonchev–Trinajstić information content (AvgIpc) is 2.56. The molecular weight excluding hydrogens is 210 g/mol. The molecule has 0 radical (unpaired) electrons. The highest BCUT2D eigenvalue weighted by molar-refractivity contribution is 7.71. The lowest BCUT2D eigenvalue weighted by Gasteiger charge is -2.02. The van der Waals surface area contributed by atoms with E-state index < -0.39 is 0 Å². The Morgan fingerprint density at radius 3 is 3.27 bits per heavy atom. The Balaban J connectivity index is 2.33. The molecule has 2 heterocycles. The maximum atomic E-state index is 5.23. The van der Waals surface area contributed by atoms with Crippen LogP contribution < -0.4 is 0 Å². The Morgan fingerprint density at radius 2 is 2.47 bits per heavy atom.